The van der Waals surface area contributed by atoms with Crippen LogP contribution < -0.4 is 5.73 Å². The highest BCUT2D eigenvalue weighted by Gasteiger charge is 2.43. The number of rotatable bonds is 4. The van der Waals surface area contributed by atoms with E-state index in [0.717, 1.165) is 50.4 Å². The first-order chi connectivity index (χ1) is 15.0. The molecule has 1 amide bonds. The summed E-state index contributed by atoms with van der Waals surface area (Å²) in [5.41, 5.74) is 10.2. The molecule has 5 nitrogen and oxygen atoms in total. The molecule has 3 fully saturated rings. The summed E-state index contributed by atoms with van der Waals surface area (Å²) in [6.45, 7) is 4.41. The van der Waals surface area contributed by atoms with Crippen molar-refractivity contribution >= 4 is 11.5 Å². The Morgan fingerprint density at radius 1 is 0.968 bits per heavy atom. The number of allylic oxidation sites excluding steroid dienone is 2. The summed E-state index contributed by atoms with van der Waals surface area (Å²) >= 11 is 0. The fourth-order valence-corrected chi connectivity index (χ4v) is 6.83. The van der Waals surface area contributed by atoms with Gasteiger partial charge < -0.3 is 10.6 Å². The lowest BCUT2D eigenvalue weighted by atomic mass is 9.73. The standard InChI is InChI=1S/C26H38N4O/c1-29-16-18-30(19-17-29)26(12-4-5-13-26)22-7-6-21(24(27)31)23(28-22)20-8-14-25(15-9-20)10-2-3-11-25/h6-8H,2-5,9-19H2,1H3,(H2,27,31). The van der Waals surface area contributed by atoms with Gasteiger partial charge in [-0.2, -0.15) is 0 Å². The van der Waals surface area contributed by atoms with Crippen molar-refractivity contribution in [3.8, 4) is 0 Å². The van der Waals surface area contributed by atoms with Gasteiger partial charge in [0, 0.05) is 26.2 Å². The molecular formula is C26H38N4O. The molecule has 0 atom stereocenters. The molecule has 0 radical (unpaired) electrons. The van der Waals surface area contributed by atoms with Crippen LogP contribution in [0.2, 0.25) is 0 Å². The number of piperazine rings is 1. The van der Waals surface area contributed by atoms with Gasteiger partial charge in [-0.15, -0.1) is 0 Å². The summed E-state index contributed by atoms with van der Waals surface area (Å²) in [7, 11) is 2.21. The van der Waals surface area contributed by atoms with Crippen LogP contribution in [0.1, 0.15) is 92.4 Å². The van der Waals surface area contributed by atoms with Crippen molar-refractivity contribution < 1.29 is 4.79 Å². The van der Waals surface area contributed by atoms with E-state index >= 15 is 0 Å². The van der Waals surface area contributed by atoms with E-state index < -0.39 is 0 Å². The average molecular weight is 423 g/mol. The predicted octanol–water partition coefficient (Wildman–Crippen LogP) is 4.32. The lowest BCUT2D eigenvalue weighted by Crippen LogP contribution is -2.54. The minimum absolute atomic E-state index is 0.0219. The molecule has 2 N–H and O–H groups in total. The van der Waals surface area contributed by atoms with Crippen LogP contribution in [0.5, 0.6) is 0 Å². The molecule has 1 aromatic rings. The lowest BCUT2D eigenvalue weighted by molar-refractivity contribution is 0.0376. The molecule has 3 aliphatic carbocycles. The van der Waals surface area contributed by atoms with E-state index in [1.54, 1.807) is 0 Å². The fraction of sp³-hybridized carbons (Fsp3) is 0.692. The Labute approximate surface area is 187 Å². The first-order valence-electron chi connectivity index (χ1n) is 12.5. The van der Waals surface area contributed by atoms with E-state index in [-0.39, 0.29) is 11.4 Å². The van der Waals surface area contributed by atoms with E-state index in [9.17, 15) is 4.79 Å². The van der Waals surface area contributed by atoms with Crippen molar-refractivity contribution in [2.45, 2.75) is 76.2 Å². The number of nitrogens with two attached hydrogens (primary N) is 1. The van der Waals surface area contributed by atoms with Crippen LogP contribution >= 0.6 is 0 Å². The third-order valence-electron chi connectivity index (χ3n) is 8.85. The first kappa shape index (κ1) is 21.1. The number of carbonyl (C=O) groups excluding carboxylic acids is 1. The number of likely N-dealkylation sites (N-methyl/N-ethyl adjacent to an activating group) is 1. The number of hydrogen-bond donors (Lipinski definition) is 1. The molecule has 5 heteroatoms. The number of pyridine rings is 1. The molecule has 4 aliphatic rings. The van der Waals surface area contributed by atoms with Gasteiger partial charge in [0.2, 0.25) is 0 Å². The summed E-state index contributed by atoms with van der Waals surface area (Å²) in [5.74, 6) is -0.351. The highest BCUT2D eigenvalue weighted by atomic mass is 16.1. The summed E-state index contributed by atoms with van der Waals surface area (Å²) < 4.78 is 0. The predicted molar refractivity (Wildman–Crippen MR) is 125 cm³/mol. The van der Waals surface area contributed by atoms with E-state index in [0.29, 0.717) is 11.0 Å². The van der Waals surface area contributed by atoms with Crippen molar-refractivity contribution in [2.24, 2.45) is 11.1 Å². The topological polar surface area (TPSA) is 62.5 Å². The average Bonchev–Trinajstić information content (AvgIpc) is 3.45. The molecule has 1 spiro atoms. The maximum atomic E-state index is 12.3. The highest BCUT2D eigenvalue weighted by molar-refractivity contribution is 5.97. The second kappa shape index (κ2) is 8.32. The number of primary amides is 1. The second-order valence-corrected chi connectivity index (χ2v) is 10.6. The van der Waals surface area contributed by atoms with Gasteiger partial charge >= 0.3 is 0 Å². The Hall–Kier alpha value is -1.72. The molecule has 1 saturated heterocycles. The van der Waals surface area contributed by atoms with Gasteiger partial charge in [0.05, 0.1) is 22.5 Å². The van der Waals surface area contributed by atoms with Gasteiger partial charge in [-0.1, -0.05) is 31.8 Å². The molecule has 0 unspecified atom stereocenters. The van der Waals surface area contributed by atoms with Crippen molar-refractivity contribution in [3.05, 3.63) is 35.2 Å². The van der Waals surface area contributed by atoms with E-state index in [1.807, 2.05) is 6.07 Å². The SMILES string of the molecule is CN1CCN(C2(c3ccc(C(N)=O)c(C4=CCC5(CCCC5)CC4)n3)CCCC2)CC1. The van der Waals surface area contributed by atoms with E-state index in [1.165, 1.54) is 63.4 Å². The van der Waals surface area contributed by atoms with Crippen LogP contribution in [-0.4, -0.2) is 53.9 Å². The van der Waals surface area contributed by atoms with Crippen LogP contribution in [0.15, 0.2) is 18.2 Å². The zero-order valence-corrected chi connectivity index (χ0v) is 19.2. The molecule has 1 aliphatic heterocycles. The quantitative estimate of drug-likeness (QED) is 0.785. The lowest BCUT2D eigenvalue weighted by Gasteiger charge is -2.45. The van der Waals surface area contributed by atoms with Gasteiger partial charge in [-0.05, 0) is 75.1 Å². The van der Waals surface area contributed by atoms with Crippen molar-refractivity contribution in [3.63, 3.8) is 0 Å². The summed E-state index contributed by atoms with van der Waals surface area (Å²) in [5, 5.41) is 0. The van der Waals surface area contributed by atoms with Crippen LogP contribution in [0.3, 0.4) is 0 Å². The largest absolute Gasteiger partial charge is 0.366 e. The maximum Gasteiger partial charge on any atom is 0.250 e. The Morgan fingerprint density at radius 2 is 1.65 bits per heavy atom. The molecule has 168 valence electrons. The smallest absolute Gasteiger partial charge is 0.250 e. The Bertz CT molecular complexity index is 856. The minimum atomic E-state index is -0.351. The molecule has 31 heavy (non-hydrogen) atoms. The van der Waals surface area contributed by atoms with Gasteiger partial charge in [0.1, 0.15) is 0 Å². The molecule has 1 aromatic heterocycles. The number of nitrogens with zero attached hydrogens (tertiary/aromatic N) is 3. The zero-order valence-electron chi connectivity index (χ0n) is 19.2. The number of amides is 1. The number of carbonyl (C=O) groups is 1. The van der Waals surface area contributed by atoms with E-state index in [2.05, 4.69) is 29.0 Å². The maximum absolute atomic E-state index is 12.3. The van der Waals surface area contributed by atoms with Crippen LogP contribution in [0.25, 0.3) is 5.57 Å². The molecule has 0 bridgehead atoms. The zero-order chi connectivity index (χ0) is 21.5. The number of aromatic nitrogens is 1. The van der Waals surface area contributed by atoms with E-state index in [4.69, 9.17) is 10.7 Å². The van der Waals surface area contributed by atoms with Gasteiger partial charge in [0.25, 0.3) is 5.91 Å². The van der Waals surface area contributed by atoms with Crippen molar-refractivity contribution in [1.29, 1.82) is 0 Å². The second-order valence-electron chi connectivity index (χ2n) is 10.6. The van der Waals surface area contributed by atoms with Gasteiger partial charge in [-0.25, -0.2) is 0 Å². The van der Waals surface area contributed by atoms with Crippen molar-refractivity contribution in [1.82, 2.24) is 14.8 Å². The molecule has 5 rings (SSSR count). The summed E-state index contributed by atoms with van der Waals surface area (Å²) in [4.78, 5) is 22.7. The highest BCUT2D eigenvalue weighted by Crippen LogP contribution is 2.50. The summed E-state index contributed by atoms with van der Waals surface area (Å²) in [6.07, 6.45) is 16.1. The third kappa shape index (κ3) is 3.84. The van der Waals surface area contributed by atoms with Crippen LogP contribution in [0.4, 0.5) is 0 Å². The molecule has 2 saturated carbocycles. The normalized spacial score (nSPS) is 26.3. The minimum Gasteiger partial charge on any atom is -0.366 e. The Morgan fingerprint density at radius 3 is 2.26 bits per heavy atom. The fourth-order valence-electron chi connectivity index (χ4n) is 6.83. The van der Waals surface area contributed by atoms with Crippen LogP contribution in [0, 0.1) is 5.41 Å². The molecular weight excluding hydrogens is 384 g/mol. The van der Waals surface area contributed by atoms with Gasteiger partial charge in [0.15, 0.2) is 0 Å². The van der Waals surface area contributed by atoms with Gasteiger partial charge in [-0.3, -0.25) is 14.7 Å². The first-order valence-corrected chi connectivity index (χ1v) is 12.5. The third-order valence-corrected chi connectivity index (χ3v) is 8.85. The monoisotopic (exact) mass is 422 g/mol. The summed E-state index contributed by atoms with van der Waals surface area (Å²) in [6, 6.07) is 4.08. The molecule has 2 heterocycles. The Kier molecular flexibility index (Phi) is 5.68. The Balaban J connectivity index is 1.50. The van der Waals surface area contributed by atoms with Crippen LogP contribution in [-0.2, 0) is 5.54 Å². The van der Waals surface area contributed by atoms with Crippen molar-refractivity contribution in [2.75, 3.05) is 33.2 Å². The number of hydrogen-bond acceptors (Lipinski definition) is 4. The molecule has 0 aromatic carbocycles.